The molecule has 0 aliphatic carbocycles. The summed E-state index contributed by atoms with van der Waals surface area (Å²) in [5.74, 6) is 0.968. The molecule has 1 aromatic carbocycles. The average molecular weight is 879 g/mol. The smallest absolute Gasteiger partial charge is 0.487 e. The van der Waals surface area contributed by atoms with Crippen LogP contribution < -0.4 is 10.2 Å². The van der Waals surface area contributed by atoms with Gasteiger partial charge in [0.2, 0.25) is 0 Å². The lowest BCUT2D eigenvalue weighted by atomic mass is 9.70. The van der Waals surface area contributed by atoms with Crippen molar-refractivity contribution in [2.24, 2.45) is 0 Å². The van der Waals surface area contributed by atoms with Crippen LogP contribution in [-0.2, 0) is 179 Å². The maximum Gasteiger partial charge on any atom is 0.494 e. The van der Waals surface area contributed by atoms with Crippen molar-refractivity contribution in [2.45, 2.75) is 77.6 Å². The van der Waals surface area contributed by atoms with Crippen LogP contribution in [0.4, 0.5) is 0 Å². The van der Waals surface area contributed by atoms with Gasteiger partial charge in [-0.25, -0.2) is 0 Å². The van der Waals surface area contributed by atoms with Crippen molar-refractivity contribution in [3.8, 4) is 5.75 Å². The molecule has 2 heterocycles. The minimum absolute atomic E-state index is 0.0536. The lowest BCUT2D eigenvalue weighted by Crippen LogP contribution is -2.42. The Balaban J connectivity index is 0.000000288. The molecule has 0 radical (unpaired) electrons. The molecule has 1 aromatic rings. The average Bonchev–Trinajstić information content (AvgIpc) is 3.21. The van der Waals surface area contributed by atoms with Crippen molar-refractivity contribution in [1.29, 1.82) is 0 Å². The third kappa shape index (κ3) is 12.0. The van der Waals surface area contributed by atoms with Crippen LogP contribution in [0.15, 0.2) is 18.2 Å². The fourth-order valence-corrected chi connectivity index (χ4v) is 41.6. The van der Waals surface area contributed by atoms with Crippen LogP contribution in [0.3, 0.4) is 0 Å². The first-order valence-corrected chi connectivity index (χ1v) is 33.6. The number of fused-ring (bicyclic) bond motifs is 1. The van der Waals surface area contributed by atoms with Gasteiger partial charge in [0.25, 0.3) is 0 Å². The highest BCUT2D eigenvalue weighted by atomic mass is 33.5. The highest BCUT2D eigenvalue weighted by molar-refractivity contribution is 8.77. The predicted molar refractivity (Wildman–Crippen MR) is 222 cm³/mol. The standard InChI is InChI=1S/C18H27BO3.S18/c1-15(2)13-11-12(9-10-14(13)20-16(15,3)4)19-21-17(5,6)18(7,8)22-19;1-3-5-7-9-11-13-15-17-18-16-14-12-10-8-6-4-2/h9-11H,1-8H3;. The number of rotatable bonds is 1. The van der Waals surface area contributed by atoms with E-state index in [0.717, 1.165) is 11.2 Å². The van der Waals surface area contributed by atoms with Crippen LogP contribution >= 0.6 is 0 Å². The van der Waals surface area contributed by atoms with E-state index in [-0.39, 0.29) is 29.3 Å². The van der Waals surface area contributed by atoms with E-state index >= 15 is 0 Å². The fourth-order valence-electron chi connectivity index (χ4n) is 3.14. The van der Waals surface area contributed by atoms with Crippen molar-refractivity contribution >= 4 is 177 Å². The maximum absolute atomic E-state index is 6.17. The summed E-state index contributed by atoms with van der Waals surface area (Å²) in [4.78, 5) is 0. The van der Waals surface area contributed by atoms with E-state index in [0.29, 0.717) is 0 Å². The lowest BCUT2D eigenvalue weighted by molar-refractivity contribution is 0.00578. The highest BCUT2D eigenvalue weighted by Crippen LogP contribution is 2.48. The maximum atomic E-state index is 6.17. The molecule has 1 fully saturated rings. The van der Waals surface area contributed by atoms with Crippen LogP contribution in [0.1, 0.15) is 61.0 Å². The molecule has 0 aromatic heterocycles. The summed E-state index contributed by atoms with van der Waals surface area (Å²) in [6, 6.07) is 6.29. The Labute approximate surface area is 293 Å². The summed E-state index contributed by atoms with van der Waals surface area (Å²) in [5.41, 5.74) is 1.38. The molecule has 0 bridgehead atoms. The van der Waals surface area contributed by atoms with Gasteiger partial charge in [-0.1, -0.05) is 26.0 Å². The zero-order chi connectivity index (χ0) is 29.9. The monoisotopic (exact) mass is 878 g/mol. The van der Waals surface area contributed by atoms with Crippen molar-refractivity contribution in [3.05, 3.63) is 23.8 Å². The molecular weight excluding hydrogens is 852 g/mol. The van der Waals surface area contributed by atoms with E-state index in [9.17, 15) is 0 Å². The molecule has 0 spiro atoms. The molecule has 40 heavy (non-hydrogen) atoms. The summed E-state index contributed by atoms with van der Waals surface area (Å²) in [7, 11) is 26.9. The Morgan fingerprint density at radius 3 is 1.30 bits per heavy atom. The summed E-state index contributed by atoms with van der Waals surface area (Å²) >= 11 is 9.49. The van der Waals surface area contributed by atoms with Gasteiger partial charge in [0, 0.05) is 175 Å². The van der Waals surface area contributed by atoms with Gasteiger partial charge in [-0.2, -0.15) is 0 Å². The number of ether oxygens (including phenoxy) is 1. The first kappa shape index (κ1) is 39.1. The highest BCUT2D eigenvalue weighted by Gasteiger charge is 2.53. The van der Waals surface area contributed by atoms with Crippen molar-refractivity contribution in [3.63, 3.8) is 0 Å². The molecule has 2 aliphatic heterocycles. The van der Waals surface area contributed by atoms with Crippen LogP contribution in [0.2, 0.25) is 0 Å². The van der Waals surface area contributed by atoms with E-state index in [2.05, 4.69) is 67.5 Å². The summed E-state index contributed by atoms with van der Waals surface area (Å²) in [6.07, 6.45) is 0. The van der Waals surface area contributed by atoms with Crippen LogP contribution in [0.5, 0.6) is 5.75 Å². The van der Waals surface area contributed by atoms with Crippen molar-refractivity contribution in [2.75, 3.05) is 0 Å². The number of benzene rings is 1. The third-order valence-corrected chi connectivity index (χ3v) is 39.8. The van der Waals surface area contributed by atoms with Crippen LogP contribution in [0, 0.1) is 0 Å². The topological polar surface area (TPSA) is 27.7 Å². The molecule has 0 N–H and O–H groups in total. The van der Waals surface area contributed by atoms with Gasteiger partial charge >= 0.3 is 7.12 Å². The lowest BCUT2D eigenvalue weighted by Gasteiger charge is -2.33. The Hall–Kier alpha value is 2.96. The van der Waals surface area contributed by atoms with Crippen molar-refractivity contribution in [1.82, 2.24) is 0 Å². The number of hydrogen-bond acceptors (Lipinski definition) is 5. The minimum Gasteiger partial charge on any atom is -0.487 e. The molecule has 3 rings (SSSR count). The molecule has 2 aliphatic rings. The molecule has 0 unspecified atom stereocenters. The van der Waals surface area contributed by atoms with E-state index < -0.39 is 0 Å². The molecule has 0 saturated carbocycles. The molecule has 22 heteroatoms. The second kappa shape index (κ2) is 18.9. The minimum atomic E-state index is -0.324. The molecule has 0 amide bonds. The molecule has 228 valence electrons. The first-order chi connectivity index (χ1) is 18.8. The first-order valence-electron chi connectivity index (χ1n) is 10.9. The van der Waals surface area contributed by atoms with Gasteiger partial charge in [-0.15, -0.1) is 0 Å². The largest absolute Gasteiger partial charge is 0.494 e. The quantitative estimate of drug-likeness (QED) is 0.404. The van der Waals surface area contributed by atoms with Gasteiger partial charge in [-0.3, -0.25) is 0 Å². The summed E-state index contributed by atoms with van der Waals surface area (Å²) in [6.45, 7) is 17.1. The van der Waals surface area contributed by atoms with Gasteiger partial charge in [0.15, 0.2) is 0 Å². The van der Waals surface area contributed by atoms with Crippen LogP contribution in [0.25, 0.3) is 0 Å². The summed E-state index contributed by atoms with van der Waals surface area (Å²) < 4.78 is 18.5. The fraction of sp³-hybridized carbons (Fsp3) is 0.667. The Kier molecular flexibility index (Phi) is 18.5. The second-order valence-corrected chi connectivity index (χ2v) is 38.0. The van der Waals surface area contributed by atoms with Gasteiger partial charge in [0.05, 0.1) is 11.2 Å². The van der Waals surface area contributed by atoms with Gasteiger partial charge in [0.1, 0.15) is 11.4 Å². The van der Waals surface area contributed by atoms with E-state index in [1.165, 1.54) is 23.3 Å². The second-order valence-electron chi connectivity index (χ2n) is 9.67. The van der Waals surface area contributed by atoms with E-state index in [4.69, 9.17) is 36.4 Å². The Morgan fingerprint density at radius 1 is 0.550 bits per heavy atom. The van der Waals surface area contributed by atoms with Crippen molar-refractivity contribution < 1.29 is 14.0 Å². The normalized spacial score (nSPS) is 17.9. The SMILES string of the molecule is CC1(C)OB(c2ccc3c(c2)C(C)(C)C(C)(C)O3)OC1(C)C.S=S=S=S=S=S=S=S=S=S=S=S=S=S=S=S=S=S. The Morgan fingerprint density at radius 2 is 0.925 bits per heavy atom. The zero-order valence-electron chi connectivity index (χ0n) is 22.4. The molecule has 0 atom stereocenters. The molecule has 1 saturated heterocycles. The molecule has 3 nitrogen and oxygen atoms in total. The number of hydrogen-bond donors (Lipinski definition) is 0. The third-order valence-electron chi connectivity index (χ3n) is 6.49. The van der Waals surface area contributed by atoms with Gasteiger partial charge in [-0.05, 0) is 53.1 Å². The van der Waals surface area contributed by atoms with Gasteiger partial charge < -0.3 is 14.0 Å². The van der Waals surface area contributed by atoms with E-state index in [1.807, 2.05) is 6.07 Å². The van der Waals surface area contributed by atoms with E-state index in [1.54, 1.807) is 124 Å². The van der Waals surface area contributed by atoms with Crippen LogP contribution in [-0.4, -0.2) is 23.9 Å². The zero-order valence-corrected chi connectivity index (χ0v) is 37.1. The predicted octanol–water partition coefficient (Wildman–Crippen LogP) is 3.39. The molecular formula is C18H27BO3S18. The Bertz CT molecular complexity index is 1720. The summed E-state index contributed by atoms with van der Waals surface area (Å²) in [5, 5.41) is 0.